The molecule has 0 aliphatic carbocycles. The molecule has 0 unspecified atom stereocenters. The Morgan fingerprint density at radius 1 is 1.04 bits per heavy atom. The number of carbonyl (C=O) groups excluding carboxylic acids is 2. The first-order valence-corrected chi connectivity index (χ1v) is 8.16. The fourth-order valence-electron chi connectivity index (χ4n) is 2.08. The van der Waals surface area contributed by atoms with Crippen LogP contribution in [0.25, 0.3) is 0 Å². The highest BCUT2D eigenvalue weighted by atomic mass is 16.6. The maximum absolute atomic E-state index is 12.4. The Morgan fingerprint density at radius 2 is 1.62 bits per heavy atom. The molecule has 0 aliphatic rings. The largest absolute Gasteiger partial charge is 0.459 e. The molecule has 134 valence electrons. The van der Waals surface area contributed by atoms with E-state index in [1.54, 1.807) is 20.8 Å². The van der Waals surface area contributed by atoms with Crippen LogP contribution >= 0.6 is 0 Å². The highest BCUT2D eigenvalue weighted by Gasteiger charge is 2.29. The molecule has 0 aliphatic heterocycles. The van der Waals surface area contributed by atoms with Gasteiger partial charge in [0.15, 0.2) is 0 Å². The fourth-order valence-corrected chi connectivity index (χ4v) is 2.08. The van der Waals surface area contributed by atoms with E-state index in [0.29, 0.717) is 6.42 Å². The molecule has 1 atom stereocenters. The summed E-state index contributed by atoms with van der Waals surface area (Å²) in [6.45, 7) is 11.5. The van der Waals surface area contributed by atoms with Gasteiger partial charge in [-0.3, -0.25) is 0 Å². The van der Waals surface area contributed by atoms with Crippen molar-refractivity contribution in [2.24, 2.45) is 5.41 Å². The van der Waals surface area contributed by atoms with Crippen LogP contribution in [0.4, 0.5) is 4.79 Å². The quantitative estimate of drug-likeness (QED) is 0.824. The van der Waals surface area contributed by atoms with Crippen LogP contribution in [0.1, 0.15) is 53.5 Å². The third-order valence-electron chi connectivity index (χ3n) is 3.02. The maximum Gasteiger partial charge on any atom is 0.408 e. The summed E-state index contributed by atoms with van der Waals surface area (Å²) in [7, 11) is 0. The molecule has 5 nitrogen and oxygen atoms in total. The molecule has 1 rings (SSSR count). The molecule has 0 saturated carbocycles. The summed E-state index contributed by atoms with van der Waals surface area (Å²) in [5.41, 5.74) is 0.132. The number of benzene rings is 1. The molecular weight excluding hydrogens is 306 g/mol. The Morgan fingerprint density at radius 3 is 2.12 bits per heavy atom. The zero-order valence-corrected chi connectivity index (χ0v) is 15.5. The van der Waals surface area contributed by atoms with Gasteiger partial charge in [0.05, 0.1) is 0 Å². The Labute approximate surface area is 144 Å². The van der Waals surface area contributed by atoms with E-state index in [9.17, 15) is 9.59 Å². The zero-order chi connectivity index (χ0) is 18.4. The summed E-state index contributed by atoms with van der Waals surface area (Å²) < 4.78 is 10.6. The van der Waals surface area contributed by atoms with Gasteiger partial charge >= 0.3 is 12.1 Å². The second kappa shape index (κ2) is 8.18. The predicted molar refractivity (Wildman–Crippen MR) is 93.5 cm³/mol. The molecule has 24 heavy (non-hydrogen) atoms. The molecule has 0 heterocycles. The van der Waals surface area contributed by atoms with Gasteiger partial charge in [-0.15, -0.1) is 0 Å². The van der Waals surface area contributed by atoms with Gasteiger partial charge in [-0.05, 0) is 38.2 Å². The minimum atomic E-state index is -0.747. The topological polar surface area (TPSA) is 64.6 Å². The average molecular weight is 335 g/mol. The van der Waals surface area contributed by atoms with Crippen LogP contribution in [0, 0.1) is 5.41 Å². The van der Waals surface area contributed by atoms with E-state index < -0.39 is 23.7 Å². The van der Waals surface area contributed by atoms with Crippen LogP contribution in [0.5, 0.6) is 0 Å². The summed E-state index contributed by atoms with van der Waals surface area (Å²) in [5.74, 6) is -0.459. The van der Waals surface area contributed by atoms with Gasteiger partial charge < -0.3 is 14.8 Å². The Hall–Kier alpha value is -2.04. The first-order chi connectivity index (χ1) is 11.0. The summed E-state index contributed by atoms with van der Waals surface area (Å²) >= 11 is 0. The molecule has 0 aromatic heterocycles. The van der Waals surface area contributed by atoms with E-state index in [1.165, 1.54) is 0 Å². The van der Waals surface area contributed by atoms with Gasteiger partial charge in [-0.2, -0.15) is 0 Å². The molecule has 0 radical (unpaired) electrons. The average Bonchev–Trinajstić information content (AvgIpc) is 2.41. The van der Waals surface area contributed by atoms with Crippen molar-refractivity contribution in [2.75, 3.05) is 0 Å². The van der Waals surface area contributed by atoms with Gasteiger partial charge in [-0.25, -0.2) is 9.59 Å². The number of nitrogens with one attached hydrogen (secondary N) is 1. The van der Waals surface area contributed by atoms with Gasteiger partial charge in [0, 0.05) is 0 Å². The van der Waals surface area contributed by atoms with Gasteiger partial charge in [-0.1, -0.05) is 51.1 Å². The van der Waals surface area contributed by atoms with Crippen molar-refractivity contribution < 1.29 is 19.1 Å². The van der Waals surface area contributed by atoms with Crippen LogP contribution in [-0.4, -0.2) is 23.7 Å². The molecule has 0 bridgehead atoms. The maximum atomic E-state index is 12.4. The fraction of sp³-hybridized carbons (Fsp3) is 0.579. The third-order valence-corrected chi connectivity index (χ3v) is 3.02. The van der Waals surface area contributed by atoms with Crippen LogP contribution in [0.15, 0.2) is 30.3 Å². The van der Waals surface area contributed by atoms with Gasteiger partial charge in [0.1, 0.15) is 18.2 Å². The molecule has 1 aromatic rings. The highest BCUT2D eigenvalue weighted by Crippen LogP contribution is 2.22. The van der Waals surface area contributed by atoms with Crippen molar-refractivity contribution in [1.82, 2.24) is 5.32 Å². The van der Waals surface area contributed by atoms with Gasteiger partial charge in [0.25, 0.3) is 0 Å². The van der Waals surface area contributed by atoms with E-state index in [-0.39, 0.29) is 12.0 Å². The van der Waals surface area contributed by atoms with E-state index in [1.807, 2.05) is 51.1 Å². The summed E-state index contributed by atoms with van der Waals surface area (Å²) in [5, 5.41) is 2.63. The number of rotatable bonds is 5. The first kappa shape index (κ1) is 20.0. The van der Waals surface area contributed by atoms with Crippen LogP contribution < -0.4 is 5.32 Å². The lowest BCUT2D eigenvalue weighted by Gasteiger charge is -2.27. The Bertz CT molecular complexity index is 541. The van der Waals surface area contributed by atoms with Crippen LogP contribution in [0.2, 0.25) is 0 Å². The normalized spacial score (nSPS) is 13.1. The number of esters is 1. The van der Waals surface area contributed by atoms with E-state index in [2.05, 4.69) is 5.32 Å². The first-order valence-electron chi connectivity index (χ1n) is 8.16. The van der Waals surface area contributed by atoms with Crippen molar-refractivity contribution in [3.63, 3.8) is 0 Å². The van der Waals surface area contributed by atoms with E-state index in [4.69, 9.17) is 9.47 Å². The summed E-state index contributed by atoms with van der Waals surface area (Å²) in [6, 6.07) is 8.69. The van der Waals surface area contributed by atoms with Crippen LogP contribution in [-0.2, 0) is 20.9 Å². The molecule has 1 amide bonds. The summed E-state index contributed by atoms with van der Waals surface area (Å²) in [6.07, 6.45) is -0.159. The molecule has 5 heteroatoms. The lowest BCUT2D eigenvalue weighted by Crippen LogP contribution is -2.46. The molecular formula is C19H29NO4. The smallest absolute Gasteiger partial charge is 0.408 e. The zero-order valence-electron chi connectivity index (χ0n) is 15.5. The van der Waals surface area contributed by atoms with E-state index in [0.717, 1.165) is 5.56 Å². The van der Waals surface area contributed by atoms with Crippen LogP contribution in [0.3, 0.4) is 0 Å². The Kier molecular flexibility index (Phi) is 6.81. The SMILES string of the molecule is CC(C)(C)C[C@H](NC(=O)OC(C)(C)C)C(=O)OCc1ccccc1. The van der Waals surface area contributed by atoms with Gasteiger partial charge in [0.2, 0.25) is 0 Å². The number of alkyl carbamates (subject to hydrolysis) is 1. The number of hydrogen-bond acceptors (Lipinski definition) is 4. The minimum absolute atomic E-state index is 0.147. The predicted octanol–water partition coefficient (Wildman–Crippen LogP) is 4.06. The monoisotopic (exact) mass is 335 g/mol. The Balaban J connectivity index is 2.70. The second-order valence-electron chi connectivity index (χ2n) is 8.06. The highest BCUT2D eigenvalue weighted by molar-refractivity contribution is 5.81. The number of amides is 1. The molecule has 1 aromatic carbocycles. The lowest BCUT2D eigenvalue weighted by atomic mass is 9.88. The molecule has 0 saturated heterocycles. The van der Waals surface area contributed by atoms with Crippen molar-refractivity contribution >= 4 is 12.1 Å². The number of ether oxygens (including phenoxy) is 2. The molecule has 1 N–H and O–H groups in total. The minimum Gasteiger partial charge on any atom is -0.459 e. The molecule has 0 fully saturated rings. The van der Waals surface area contributed by atoms with E-state index >= 15 is 0 Å². The van der Waals surface area contributed by atoms with Crippen molar-refractivity contribution in [2.45, 2.75) is 66.2 Å². The van der Waals surface area contributed by atoms with Crippen molar-refractivity contribution in [3.05, 3.63) is 35.9 Å². The third kappa shape index (κ3) is 8.56. The summed E-state index contributed by atoms with van der Waals surface area (Å²) in [4.78, 5) is 24.4. The standard InChI is InChI=1S/C19H29NO4/c1-18(2,3)12-15(20-17(22)24-19(4,5)6)16(21)23-13-14-10-8-7-9-11-14/h7-11,15H,12-13H2,1-6H3,(H,20,22)/t15-/m0/s1. The lowest BCUT2D eigenvalue weighted by molar-refractivity contribution is -0.148. The van der Waals surface area contributed by atoms with Crippen molar-refractivity contribution in [3.8, 4) is 0 Å². The van der Waals surface area contributed by atoms with Crippen molar-refractivity contribution in [1.29, 1.82) is 0 Å². The molecule has 0 spiro atoms. The number of carbonyl (C=O) groups is 2. The number of hydrogen-bond donors (Lipinski definition) is 1. The second-order valence-corrected chi connectivity index (χ2v) is 8.06.